The predicted molar refractivity (Wildman–Crippen MR) is 87.6 cm³/mol. The second-order valence-corrected chi connectivity index (χ2v) is 5.91. The van der Waals surface area contributed by atoms with Crippen LogP contribution in [0.4, 0.5) is 5.69 Å². The zero-order valence-electron chi connectivity index (χ0n) is 13.2. The maximum absolute atomic E-state index is 11.7. The molecule has 4 heteroatoms. The maximum atomic E-state index is 11.7. The van der Waals surface area contributed by atoms with E-state index in [1.807, 2.05) is 0 Å². The molecule has 1 aliphatic rings. The van der Waals surface area contributed by atoms with E-state index in [0.29, 0.717) is 12.6 Å². The largest absolute Gasteiger partial charge is 0.382 e. The molecule has 2 rings (SSSR count). The first-order valence-electron chi connectivity index (χ1n) is 7.99. The van der Waals surface area contributed by atoms with E-state index in [2.05, 4.69) is 53.6 Å². The predicted octanol–water partition coefficient (Wildman–Crippen LogP) is 2.40. The van der Waals surface area contributed by atoms with Gasteiger partial charge in [-0.15, -0.1) is 0 Å². The number of amides is 1. The smallest absolute Gasteiger partial charge is 0.234 e. The van der Waals surface area contributed by atoms with Gasteiger partial charge in [-0.2, -0.15) is 0 Å². The molecular weight excluding hydrogens is 262 g/mol. The van der Waals surface area contributed by atoms with Crippen LogP contribution in [0.15, 0.2) is 24.3 Å². The molecule has 1 aliphatic heterocycles. The van der Waals surface area contributed by atoms with Crippen LogP contribution in [0.25, 0.3) is 0 Å². The Kier molecular flexibility index (Phi) is 6.05. The Morgan fingerprint density at radius 3 is 2.52 bits per heavy atom. The first kappa shape index (κ1) is 15.8. The van der Waals surface area contributed by atoms with Crippen LogP contribution >= 0.6 is 0 Å². The summed E-state index contributed by atoms with van der Waals surface area (Å²) < 4.78 is 0. The highest BCUT2D eigenvalue weighted by atomic mass is 16.2. The topological polar surface area (TPSA) is 44.4 Å². The van der Waals surface area contributed by atoms with Gasteiger partial charge in [-0.3, -0.25) is 9.69 Å². The first-order valence-corrected chi connectivity index (χ1v) is 7.99. The summed E-state index contributed by atoms with van der Waals surface area (Å²) in [6, 6.07) is 9.06. The lowest BCUT2D eigenvalue weighted by Crippen LogP contribution is -2.44. The number of benzene rings is 1. The van der Waals surface area contributed by atoms with Crippen molar-refractivity contribution in [1.29, 1.82) is 0 Å². The molecule has 1 aromatic carbocycles. The van der Waals surface area contributed by atoms with Crippen LogP contribution in [0, 0.1) is 6.92 Å². The Bertz CT molecular complexity index is 436. The Morgan fingerprint density at radius 1 is 1.24 bits per heavy atom. The SMILES string of the molecule is CCCNC(=O)CN1CCC(Nc2ccc(C)cc2)CC1. The number of likely N-dealkylation sites (tertiary alicyclic amines) is 1. The van der Waals surface area contributed by atoms with E-state index in [4.69, 9.17) is 0 Å². The van der Waals surface area contributed by atoms with Gasteiger partial charge in [-0.1, -0.05) is 24.6 Å². The summed E-state index contributed by atoms with van der Waals surface area (Å²) in [7, 11) is 0. The molecule has 0 atom stereocenters. The molecule has 0 bridgehead atoms. The van der Waals surface area contributed by atoms with E-state index in [-0.39, 0.29) is 5.91 Å². The highest BCUT2D eigenvalue weighted by molar-refractivity contribution is 5.77. The molecule has 2 N–H and O–H groups in total. The van der Waals surface area contributed by atoms with Gasteiger partial charge in [0, 0.05) is 31.4 Å². The minimum atomic E-state index is 0.154. The molecule has 116 valence electrons. The highest BCUT2D eigenvalue weighted by Crippen LogP contribution is 2.16. The molecule has 0 radical (unpaired) electrons. The number of rotatable bonds is 6. The van der Waals surface area contributed by atoms with Crippen molar-refractivity contribution < 1.29 is 4.79 Å². The lowest BCUT2D eigenvalue weighted by Gasteiger charge is -2.32. The number of nitrogens with one attached hydrogen (secondary N) is 2. The van der Waals surface area contributed by atoms with E-state index >= 15 is 0 Å². The molecule has 0 aromatic heterocycles. The summed E-state index contributed by atoms with van der Waals surface area (Å²) in [6.07, 6.45) is 3.18. The zero-order chi connectivity index (χ0) is 15.1. The Morgan fingerprint density at radius 2 is 1.90 bits per heavy atom. The number of anilines is 1. The monoisotopic (exact) mass is 289 g/mol. The average molecular weight is 289 g/mol. The van der Waals surface area contributed by atoms with Gasteiger partial charge in [-0.25, -0.2) is 0 Å². The maximum Gasteiger partial charge on any atom is 0.234 e. The minimum Gasteiger partial charge on any atom is -0.382 e. The summed E-state index contributed by atoms with van der Waals surface area (Å²) in [6.45, 7) is 7.47. The molecule has 1 amide bonds. The van der Waals surface area contributed by atoms with Gasteiger partial charge in [0.15, 0.2) is 0 Å². The third kappa shape index (κ3) is 5.38. The minimum absolute atomic E-state index is 0.154. The summed E-state index contributed by atoms with van der Waals surface area (Å²) >= 11 is 0. The van der Waals surface area contributed by atoms with Crippen LogP contribution in [0.1, 0.15) is 31.7 Å². The van der Waals surface area contributed by atoms with Gasteiger partial charge in [0.1, 0.15) is 0 Å². The van der Waals surface area contributed by atoms with E-state index in [0.717, 1.165) is 38.9 Å². The molecule has 1 saturated heterocycles. The van der Waals surface area contributed by atoms with Crippen LogP contribution < -0.4 is 10.6 Å². The van der Waals surface area contributed by atoms with Crippen molar-refractivity contribution in [2.24, 2.45) is 0 Å². The molecule has 1 heterocycles. The van der Waals surface area contributed by atoms with E-state index in [1.165, 1.54) is 11.3 Å². The highest BCUT2D eigenvalue weighted by Gasteiger charge is 2.20. The van der Waals surface area contributed by atoms with Gasteiger partial charge >= 0.3 is 0 Å². The van der Waals surface area contributed by atoms with Crippen molar-refractivity contribution in [3.8, 4) is 0 Å². The van der Waals surface area contributed by atoms with Gasteiger partial charge < -0.3 is 10.6 Å². The number of nitrogens with zero attached hydrogens (tertiary/aromatic N) is 1. The summed E-state index contributed by atoms with van der Waals surface area (Å²) in [5.74, 6) is 0.154. The quantitative estimate of drug-likeness (QED) is 0.845. The fourth-order valence-corrected chi connectivity index (χ4v) is 2.64. The van der Waals surface area contributed by atoms with Crippen LogP contribution in [0.5, 0.6) is 0 Å². The molecule has 1 aromatic rings. The van der Waals surface area contributed by atoms with Crippen molar-refractivity contribution in [3.05, 3.63) is 29.8 Å². The standard InChI is InChI=1S/C17H27N3O/c1-3-10-18-17(21)13-20-11-8-16(9-12-20)19-15-6-4-14(2)5-7-15/h4-7,16,19H,3,8-13H2,1-2H3,(H,18,21). The number of hydrogen-bond donors (Lipinski definition) is 2. The average Bonchev–Trinajstić information content (AvgIpc) is 2.49. The number of carbonyl (C=O) groups excluding carboxylic acids is 1. The van der Waals surface area contributed by atoms with Gasteiger partial charge in [0.05, 0.1) is 6.54 Å². The third-order valence-electron chi connectivity index (χ3n) is 3.95. The van der Waals surface area contributed by atoms with Gasteiger partial charge in [0.2, 0.25) is 5.91 Å². The van der Waals surface area contributed by atoms with Crippen LogP contribution in [-0.4, -0.2) is 43.0 Å². The first-order chi connectivity index (χ1) is 10.2. The van der Waals surface area contributed by atoms with Crippen LogP contribution in [-0.2, 0) is 4.79 Å². The number of aryl methyl sites for hydroxylation is 1. The van der Waals surface area contributed by atoms with E-state index in [9.17, 15) is 4.79 Å². The molecular formula is C17H27N3O. The molecule has 0 spiro atoms. The normalized spacial score (nSPS) is 16.7. The van der Waals surface area contributed by atoms with Gasteiger partial charge in [0.25, 0.3) is 0 Å². The van der Waals surface area contributed by atoms with Crippen molar-refractivity contribution in [2.75, 3.05) is 31.5 Å². The Labute approximate surface area is 127 Å². The van der Waals surface area contributed by atoms with E-state index in [1.54, 1.807) is 0 Å². The molecule has 0 saturated carbocycles. The lowest BCUT2D eigenvalue weighted by molar-refractivity contribution is -0.122. The summed E-state index contributed by atoms with van der Waals surface area (Å²) in [4.78, 5) is 14.0. The zero-order valence-corrected chi connectivity index (χ0v) is 13.2. The van der Waals surface area contributed by atoms with E-state index < -0.39 is 0 Å². The van der Waals surface area contributed by atoms with Crippen molar-refractivity contribution in [3.63, 3.8) is 0 Å². The Hall–Kier alpha value is -1.55. The third-order valence-corrected chi connectivity index (χ3v) is 3.95. The van der Waals surface area contributed by atoms with Crippen LogP contribution in [0.3, 0.4) is 0 Å². The van der Waals surface area contributed by atoms with Crippen LogP contribution in [0.2, 0.25) is 0 Å². The molecule has 0 unspecified atom stereocenters. The summed E-state index contributed by atoms with van der Waals surface area (Å²) in [5.41, 5.74) is 2.48. The fourth-order valence-electron chi connectivity index (χ4n) is 2.64. The second kappa shape index (κ2) is 8.03. The fraction of sp³-hybridized carbons (Fsp3) is 0.588. The second-order valence-electron chi connectivity index (χ2n) is 5.91. The molecule has 1 fully saturated rings. The van der Waals surface area contributed by atoms with Crippen molar-refractivity contribution in [2.45, 2.75) is 39.2 Å². The molecule has 21 heavy (non-hydrogen) atoms. The number of piperidine rings is 1. The Balaban J connectivity index is 1.70. The van der Waals surface area contributed by atoms with Crippen molar-refractivity contribution >= 4 is 11.6 Å². The van der Waals surface area contributed by atoms with Crippen molar-refractivity contribution in [1.82, 2.24) is 10.2 Å². The number of carbonyl (C=O) groups is 1. The van der Waals surface area contributed by atoms with Gasteiger partial charge in [-0.05, 0) is 38.3 Å². The lowest BCUT2D eigenvalue weighted by atomic mass is 10.0. The summed E-state index contributed by atoms with van der Waals surface area (Å²) in [5, 5.41) is 6.53. The molecule has 4 nitrogen and oxygen atoms in total. The number of hydrogen-bond acceptors (Lipinski definition) is 3. The molecule has 0 aliphatic carbocycles.